The zero-order chi connectivity index (χ0) is 0. The molecule has 0 rings (SSSR count). The fourth-order valence-electron chi connectivity index (χ4n) is 0. The van der Waals surface area contributed by atoms with Crippen molar-refractivity contribution in [3.05, 3.63) is 0 Å². The molecule has 0 aliphatic rings. The van der Waals surface area contributed by atoms with Crippen LogP contribution in [-0.2, 0) is 201 Å². The summed E-state index contributed by atoms with van der Waals surface area (Å²) in [6.45, 7) is 0. The zero-order valence-electron chi connectivity index (χ0n) is 5.02. The quantitative estimate of drug-likeness (QED) is 0.259. The molecule has 0 spiro atoms. The summed E-state index contributed by atoms with van der Waals surface area (Å²) in [6.07, 6.45) is 0. The molecule has 21 radical (unpaired) electrons. The van der Waals surface area contributed by atoms with E-state index in [-0.39, 0.29) is 305 Å². The molecule has 13 heavy (non-hydrogen) atoms. The summed E-state index contributed by atoms with van der Waals surface area (Å²) < 4.78 is 0. The first-order chi connectivity index (χ1) is 0. The summed E-state index contributed by atoms with van der Waals surface area (Å²) in [7, 11) is 0. The van der Waals surface area contributed by atoms with Crippen molar-refractivity contribution in [2.75, 3.05) is 0 Å². The van der Waals surface area contributed by atoms with Gasteiger partial charge in [0.25, 0.3) is 0 Å². The van der Waals surface area contributed by atoms with Gasteiger partial charge in [0.2, 0.25) is 0 Å². The Labute approximate surface area is 296 Å². The summed E-state index contributed by atoms with van der Waals surface area (Å²) in [5, 5.41) is 0. The summed E-state index contributed by atoms with van der Waals surface area (Å²) in [4.78, 5) is 0. The van der Waals surface area contributed by atoms with E-state index >= 15 is 0 Å². The Morgan fingerprint density at radius 3 is 0.154 bits per heavy atom. The Morgan fingerprint density at radius 1 is 0.154 bits per heavy atom. The van der Waals surface area contributed by atoms with Crippen LogP contribution in [0.5, 0.6) is 0 Å². The largest absolute Gasteiger partial charge is 0 e. The number of hydrogen-bond donors (Lipinski definition) is 0. The summed E-state index contributed by atoms with van der Waals surface area (Å²) >= 11 is 0. The van der Waals surface area contributed by atoms with Crippen LogP contribution in [0.15, 0.2) is 0 Å². The molecule has 0 bridgehead atoms. The predicted octanol–water partition coefficient (Wildman–Crippen LogP) is -1.55. The molecule has 0 aliphatic carbocycles. The van der Waals surface area contributed by atoms with Gasteiger partial charge in [-0.2, -0.15) is 0 Å². The van der Waals surface area contributed by atoms with Crippen molar-refractivity contribution in [3.63, 3.8) is 0 Å². The fourth-order valence-corrected chi connectivity index (χ4v) is 0. The third kappa shape index (κ3) is 87.3. The topological polar surface area (TPSA) is 0 Å². The maximum absolute atomic E-state index is 0. The van der Waals surface area contributed by atoms with E-state index in [2.05, 4.69) is 0 Å². The molecule has 0 amide bonds. The Kier molecular flexibility index (Phi) is 816. The number of rotatable bonds is 0. The average molecular weight is 2230 g/mol. The molecule has 0 aromatic rings. The van der Waals surface area contributed by atoms with Gasteiger partial charge >= 0.3 is 0 Å². The van der Waals surface area contributed by atoms with Crippen LogP contribution in [0.3, 0.4) is 0 Å². The molecule has 0 fully saturated rings. The molecule has 0 aliphatic heterocycles. The molecule has 0 heterocycles. The van der Waals surface area contributed by atoms with E-state index in [1.54, 1.807) is 0 Å². The minimum atomic E-state index is 0. The summed E-state index contributed by atoms with van der Waals surface area (Å²) in [5.74, 6) is 0. The van der Waals surface area contributed by atoms with Gasteiger partial charge in [-0.1, -0.05) is 0 Å². The second-order valence-electron chi connectivity index (χ2n) is 0. The first-order valence-corrected chi connectivity index (χ1v) is 0. The Bertz CT molecular complexity index is 11.6. The van der Waals surface area contributed by atoms with Crippen LogP contribution in [0, 0.1) is 0 Å². The molecule has 13 heteroatoms. The Hall–Kier alpha value is 10.1. The zero-order valence-corrected chi connectivity index (χ0v) is 37.7. The van der Waals surface area contributed by atoms with E-state index in [9.17, 15) is 0 Å². The van der Waals surface area contributed by atoms with Crippen LogP contribution in [0.1, 0.15) is 0 Å². The van der Waals surface area contributed by atoms with Crippen molar-refractivity contribution in [1.29, 1.82) is 0 Å². The third-order valence-electron chi connectivity index (χ3n) is 0. The van der Waals surface area contributed by atoms with Gasteiger partial charge in [0, 0.05) is 305 Å². The van der Waals surface area contributed by atoms with Crippen molar-refractivity contribution in [2.24, 2.45) is 0 Å². The average Bonchev–Trinajstić information content (AvgIpc) is 0. The van der Waals surface area contributed by atoms with Crippen LogP contribution >= 0.6 is 0 Å². The standard InChI is InChI=1S/9Au.4In. The second-order valence-corrected chi connectivity index (χ2v) is 0. The number of hydrogen-bond acceptors (Lipinski definition) is 0. The maximum atomic E-state index is 0. The molecular formula is Au9In4. The third-order valence-corrected chi connectivity index (χ3v) is 0. The van der Waals surface area contributed by atoms with E-state index in [4.69, 9.17) is 0 Å². The van der Waals surface area contributed by atoms with Gasteiger partial charge in [-0.25, -0.2) is 0 Å². The van der Waals surface area contributed by atoms with E-state index in [0.717, 1.165) is 0 Å². The molecule has 0 N–H and O–H groups in total. The smallest absolute Gasteiger partial charge is 0 e. The van der Waals surface area contributed by atoms with Crippen molar-refractivity contribution >= 4 is 103 Å². The van der Waals surface area contributed by atoms with Crippen molar-refractivity contribution < 1.29 is 201 Å². The molecular weight excluding hydrogens is 2230 g/mol. The van der Waals surface area contributed by atoms with Crippen LogP contribution in [0.2, 0.25) is 0 Å². The Morgan fingerprint density at radius 2 is 0.154 bits per heavy atom. The first kappa shape index (κ1) is 110. The van der Waals surface area contributed by atoms with Gasteiger partial charge in [-0.15, -0.1) is 0 Å². The minimum Gasteiger partial charge on any atom is 0 e. The van der Waals surface area contributed by atoms with Gasteiger partial charge in [0.05, 0.1) is 0 Å². The van der Waals surface area contributed by atoms with Crippen molar-refractivity contribution in [3.8, 4) is 0 Å². The Balaban J connectivity index is 0. The van der Waals surface area contributed by atoms with Crippen LogP contribution < -0.4 is 0 Å². The molecule has 0 saturated carbocycles. The molecule has 111 valence electrons. The summed E-state index contributed by atoms with van der Waals surface area (Å²) in [5.41, 5.74) is 0. The summed E-state index contributed by atoms with van der Waals surface area (Å²) in [6, 6.07) is 0. The van der Waals surface area contributed by atoms with Gasteiger partial charge in [-0.05, 0) is 0 Å². The van der Waals surface area contributed by atoms with E-state index < -0.39 is 0 Å². The minimum absolute atomic E-state index is 0. The first-order valence-electron chi connectivity index (χ1n) is 0. The van der Waals surface area contributed by atoms with E-state index in [0.29, 0.717) is 0 Å². The van der Waals surface area contributed by atoms with Gasteiger partial charge in [0.15, 0.2) is 0 Å². The molecule has 0 saturated heterocycles. The maximum Gasteiger partial charge on any atom is 0 e. The van der Waals surface area contributed by atoms with Gasteiger partial charge in [-0.3, -0.25) is 0 Å². The second kappa shape index (κ2) is 96.2. The van der Waals surface area contributed by atoms with Crippen LogP contribution in [0.4, 0.5) is 0 Å². The van der Waals surface area contributed by atoms with Crippen LogP contribution in [0.25, 0.3) is 0 Å². The molecule has 0 aromatic carbocycles. The predicted molar refractivity (Wildman–Crippen MR) is 23.0 cm³/mol. The SMILES string of the molecule is [Au].[Au].[Au].[Au].[Au].[Au].[Au].[Au].[Au].[In].[In].[In].[In]. The monoisotopic (exact) mass is 2230 g/mol. The van der Waals surface area contributed by atoms with E-state index in [1.807, 2.05) is 0 Å². The van der Waals surface area contributed by atoms with Crippen LogP contribution in [-0.4, -0.2) is 103 Å². The van der Waals surface area contributed by atoms with Crippen molar-refractivity contribution in [1.82, 2.24) is 0 Å². The molecule has 0 unspecified atom stereocenters. The molecule has 0 aromatic heterocycles. The molecule has 0 nitrogen and oxygen atoms in total. The van der Waals surface area contributed by atoms with Crippen molar-refractivity contribution in [2.45, 2.75) is 0 Å². The van der Waals surface area contributed by atoms with Gasteiger partial charge in [0.1, 0.15) is 0 Å². The molecule has 0 atom stereocenters. The van der Waals surface area contributed by atoms with Gasteiger partial charge < -0.3 is 0 Å². The van der Waals surface area contributed by atoms with E-state index in [1.165, 1.54) is 0 Å². The fraction of sp³-hybridized carbons (Fsp3) is 0. The normalized spacial score (nSPS) is 0.